The van der Waals surface area contributed by atoms with Crippen molar-refractivity contribution in [3.8, 4) is 5.75 Å². The highest BCUT2D eigenvalue weighted by Gasteiger charge is 2.24. The van der Waals surface area contributed by atoms with E-state index in [1.165, 1.54) is 7.11 Å². The van der Waals surface area contributed by atoms with Crippen LogP contribution in [0.2, 0.25) is 0 Å². The van der Waals surface area contributed by atoms with E-state index in [2.05, 4.69) is 17.7 Å². The van der Waals surface area contributed by atoms with Gasteiger partial charge in [0.15, 0.2) is 6.61 Å². The molecule has 0 saturated heterocycles. The van der Waals surface area contributed by atoms with Gasteiger partial charge in [0.1, 0.15) is 5.75 Å². The highest BCUT2D eigenvalue weighted by molar-refractivity contribution is 8.00. The summed E-state index contributed by atoms with van der Waals surface area (Å²) in [6.45, 7) is 2.80. The number of para-hydroxylation sites is 1. The number of thioether (sulfide) groups is 1. The van der Waals surface area contributed by atoms with Crippen molar-refractivity contribution in [3.63, 3.8) is 0 Å². The van der Waals surface area contributed by atoms with Gasteiger partial charge in [-0.15, -0.1) is 11.8 Å². The lowest BCUT2D eigenvalue weighted by atomic mass is 10.2. The molecule has 1 aliphatic rings. The van der Waals surface area contributed by atoms with E-state index in [1.54, 1.807) is 40.9 Å². The number of ether oxygens (including phenoxy) is 2. The third-order valence-corrected chi connectivity index (χ3v) is 5.42. The standard InChI is InChI=1S/C20H21NO4S/c1-14-11-12-21(17-5-3-4-6-18(17)26-14)19(22)13-25-16-9-7-15(8-10-16)20(23)24-2/h3-10,14H,11-13H2,1-2H3/t14-/m0/s1. The van der Waals surface area contributed by atoms with Crippen LogP contribution in [0, 0.1) is 0 Å². The quantitative estimate of drug-likeness (QED) is 0.766. The van der Waals surface area contributed by atoms with Crippen LogP contribution in [0.4, 0.5) is 5.69 Å². The zero-order valence-corrected chi connectivity index (χ0v) is 15.6. The van der Waals surface area contributed by atoms with Crippen molar-refractivity contribution < 1.29 is 19.1 Å². The molecule has 26 heavy (non-hydrogen) atoms. The summed E-state index contributed by atoms with van der Waals surface area (Å²) >= 11 is 1.80. The first-order chi connectivity index (χ1) is 12.6. The Kier molecular flexibility index (Phi) is 5.83. The van der Waals surface area contributed by atoms with Crippen molar-refractivity contribution in [3.05, 3.63) is 54.1 Å². The van der Waals surface area contributed by atoms with Crippen LogP contribution in [-0.2, 0) is 9.53 Å². The molecule has 0 saturated carbocycles. The summed E-state index contributed by atoms with van der Waals surface area (Å²) in [5, 5.41) is 0.459. The average Bonchev–Trinajstić information content (AvgIpc) is 2.84. The molecule has 0 fully saturated rings. The SMILES string of the molecule is COC(=O)c1ccc(OCC(=O)N2CC[C@H](C)Sc3ccccc32)cc1. The predicted molar refractivity (Wildman–Crippen MR) is 102 cm³/mol. The number of amides is 1. The maximum absolute atomic E-state index is 12.7. The average molecular weight is 371 g/mol. The Morgan fingerprint density at radius 2 is 1.88 bits per heavy atom. The molecule has 0 bridgehead atoms. The minimum atomic E-state index is -0.402. The van der Waals surface area contributed by atoms with E-state index in [0.717, 1.165) is 17.0 Å². The minimum Gasteiger partial charge on any atom is -0.484 e. The number of hydrogen-bond acceptors (Lipinski definition) is 5. The molecule has 1 aliphatic heterocycles. The first-order valence-electron chi connectivity index (χ1n) is 8.45. The van der Waals surface area contributed by atoms with Gasteiger partial charge in [0.25, 0.3) is 5.91 Å². The van der Waals surface area contributed by atoms with Crippen molar-refractivity contribution in [2.75, 3.05) is 25.2 Å². The van der Waals surface area contributed by atoms with Crippen LogP contribution < -0.4 is 9.64 Å². The Hall–Kier alpha value is -2.47. The summed E-state index contributed by atoms with van der Waals surface area (Å²) in [5.74, 6) is 0.0569. The van der Waals surface area contributed by atoms with Crippen molar-refractivity contribution in [2.45, 2.75) is 23.5 Å². The Morgan fingerprint density at radius 1 is 1.15 bits per heavy atom. The monoisotopic (exact) mass is 371 g/mol. The van der Waals surface area contributed by atoms with Gasteiger partial charge in [-0.1, -0.05) is 19.1 Å². The number of hydrogen-bond donors (Lipinski definition) is 0. The molecule has 1 heterocycles. The van der Waals surface area contributed by atoms with Crippen LogP contribution in [0.15, 0.2) is 53.4 Å². The lowest BCUT2D eigenvalue weighted by molar-refractivity contribution is -0.120. The fourth-order valence-corrected chi connectivity index (χ4v) is 3.89. The molecule has 0 aliphatic carbocycles. The Bertz CT molecular complexity index is 791. The largest absolute Gasteiger partial charge is 0.484 e. The minimum absolute atomic E-state index is 0.0506. The highest BCUT2D eigenvalue weighted by atomic mass is 32.2. The number of nitrogens with zero attached hydrogens (tertiary/aromatic N) is 1. The Balaban J connectivity index is 1.67. The van der Waals surface area contributed by atoms with Crippen molar-refractivity contribution in [1.82, 2.24) is 0 Å². The number of esters is 1. The van der Waals surface area contributed by atoms with Crippen molar-refractivity contribution in [1.29, 1.82) is 0 Å². The van der Waals surface area contributed by atoms with Gasteiger partial charge in [0.2, 0.25) is 0 Å². The first kappa shape index (κ1) is 18.3. The van der Waals surface area contributed by atoms with Crippen LogP contribution in [-0.4, -0.2) is 37.4 Å². The van der Waals surface area contributed by atoms with Crippen molar-refractivity contribution in [2.24, 2.45) is 0 Å². The smallest absolute Gasteiger partial charge is 0.337 e. The molecule has 136 valence electrons. The molecule has 0 radical (unpaired) electrons. The summed E-state index contributed by atoms with van der Waals surface area (Å²) in [6, 6.07) is 14.5. The van der Waals surface area contributed by atoms with Crippen LogP contribution >= 0.6 is 11.8 Å². The molecule has 6 heteroatoms. The second-order valence-electron chi connectivity index (χ2n) is 6.03. The molecule has 0 aromatic heterocycles. The normalized spacial score (nSPS) is 16.4. The van der Waals surface area contributed by atoms with Gasteiger partial charge in [-0.3, -0.25) is 4.79 Å². The number of benzene rings is 2. The molecule has 1 amide bonds. The number of carbonyl (C=O) groups excluding carboxylic acids is 2. The first-order valence-corrected chi connectivity index (χ1v) is 9.33. The second kappa shape index (κ2) is 8.27. The van der Waals surface area contributed by atoms with Gasteiger partial charge < -0.3 is 14.4 Å². The van der Waals surface area contributed by atoms with E-state index in [-0.39, 0.29) is 12.5 Å². The van der Waals surface area contributed by atoms with Gasteiger partial charge in [-0.25, -0.2) is 4.79 Å². The van der Waals surface area contributed by atoms with E-state index in [4.69, 9.17) is 4.74 Å². The fraction of sp³-hybridized carbons (Fsp3) is 0.300. The zero-order chi connectivity index (χ0) is 18.5. The van der Waals surface area contributed by atoms with Gasteiger partial charge in [0, 0.05) is 16.7 Å². The van der Waals surface area contributed by atoms with E-state index in [1.807, 2.05) is 18.2 Å². The molecular weight excluding hydrogens is 350 g/mol. The number of fused-ring (bicyclic) bond motifs is 1. The number of carbonyl (C=O) groups is 2. The molecule has 0 unspecified atom stereocenters. The van der Waals surface area contributed by atoms with Crippen LogP contribution in [0.3, 0.4) is 0 Å². The van der Waals surface area contributed by atoms with Crippen molar-refractivity contribution >= 4 is 29.3 Å². The summed E-state index contributed by atoms with van der Waals surface area (Å²) in [7, 11) is 1.34. The number of anilines is 1. The molecule has 2 aromatic rings. The van der Waals surface area contributed by atoms with Crippen LogP contribution in [0.25, 0.3) is 0 Å². The topological polar surface area (TPSA) is 55.8 Å². The third kappa shape index (κ3) is 4.19. The maximum atomic E-state index is 12.7. The van der Waals surface area contributed by atoms with Crippen LogP contribution in [0.5, 0.6) is 5.75 Å². The fourth-order valence-electron chi connectivity index (χ4n) is 2.77. The molecule has 1 atom stereocenters. The van der Waals surface area contributed by atoms with E-state index in [0.29, 0.717) is 23.1 Å². The zero-order valence-electron chi connectivity index (χ0n) is 14.8. The summed E-state index contributed by atoms with van der Waals surface area (Å²) in [6.07, 6.45) is 0.929. The molecule has 2 aromatic carbocycles. The van der Waals surface area contributed by atoms with Gasteiger partial charge >= 0.3 is 5.97 Å². The van der Waals surface area contributed by atoms with E-state index >= 15 is 0 Å². The van der Waals surface area contributed by atoms with E-state index in [9.17, 15) is 9.59 Å². The lowest BCUT2D eigenvalue weighted by Gasteiger charge is -2.22. The Labute approximate surface area is 157 Å². The highest BCUT2D eigenvalue weighted by Crippen LogP contribution is 2.37. The Morgan fingerprint density at radius 3 is 2.62 bits per heavy atom. The molecule has 5 nitrogen and oxygen atoms in total. The summed E-state index contributed by atoms with van der Waals surface area (Å²) in [4.78, 5) is 27.1. The molecule has 3 rings (SSSR count). The number of rotatable bonds is 4. The van der Waals surface area contributed by atoms with E-state index < -0.39 is 5.97 Å². The molecule has 0 N–H and O–H groups in total. The lowest BCUT2D eigenvalue weighted by Crippen LogP contribution is -2.36. The summed E-state index contributed by atoms with van der Waals surface area (Å²) in [5.41, 5.74) is 1.38. The number of methoxy groups -OCH3 is 1. The van der Waals surface area contributed by atoms with Gasteiger partial charge in [0.05, 0.1) is 18.4 Å². The van der Waals surface area contributed by atoms with Crippen LogP contribution in [0.1, 0.15) is 23.7 Å². The predicted octanol–water partition coefficient (Wildman–Crippen LogP) is 3.77. The second-order valence-corrected chi connectivity index (χ2v) is 7.52. The maximum Gasteiger partial charge on any atom is 0.337 e. The molecule has 0 spiro atoms. The van der Waals surface area contributed by atoms with Gasteiger partial charge in [-0.05, 0) is 42.8 Å². The summed E-state index contributed by atoms with van der Waals surface area (Å²) < 4.78 is 10.3. The molecular formula is C20H21NO4S. The van der Waals surface area contributed by atoms with Gasteiger partial charge in [-0.2, -0.15) is 0 Å². The third-order valence-electron chi connectivity index (χ3n) is 4.18.